The molecule has 0 saturated heterocycles. The van der Waals surface area contributed by atoms with E-state index in [1.54, 1.807) is 6.20 Å². The number of aromatic nitrogens is 2. The Balaban J connectivity index is 3.06. The van der Waals surface area contributed by atoms with E-state index in [4.69, 9.17) is 0 Å². The normalized spacial score (nSPS) is 11.6. The van der Waals surface area contributed by atoms with Gasteiger partial charge >= 0.3 is 0 Å². The van der Waals surface area contributed by atoms with Crippen molar-refractivity contribution >= 4 is 22.6 Å². The van der Waals surface area contributed by atoms with Crippen molar-refractivity contribution < 1.29 is 0 Å². The van der Waals surface area contributed by atoms with Crippen LogP contribution in [-0.2, 0) is 5.41 Å². The van der Waals surface area contributed by atoms with Gasteiger partial charge in [-0.05, 0) is 6.07 Å². The Bertz CT molecular complexity index is 253. The van der Waals surface area contributed by atoms with Crippen molar-refractivity contribution in [3.63, 3.8) is 0 Å². The minimum absolute atomic E-state index is 0.128. The van der Waals surface area contributed by atoms with E-state index in [-0.39, 0.29) is 5.41 Å². The van der Waals surface area contributed by atoms with Crippen molar-refractivity contribution in [2.24, 2.45) is 0 Å². The van der Waals surface area contributed by atoms with E-state index in [2.05, 4.69) is 53.3 Å². The van der Waals surface area contributed by atoms with Crippen molar-refractivity contribution in [2.75, 3.05) is 0 Å². The van der Waals surface area contributed by atoms with Crippen LogP contribution in [-0.4, -0.2) is 9.97 Å². The predicted octanol–water partition coefficient (Wildman–Crippen LogP) is 2.38. The highest BCUT2D eigenvalue weighted by Gasteiger charge is 2.14. The second-order valence-electron chi connectivity index (χ2n) is 3.46. The van der Waals surface area contributed by atoms with Gasteiger partial charge in [-0.3, -0.25) is 0 Å². The molecule has 1 aromatic heterocycles. The zero-order chi connectivity index (χ0) is 8.48. The first-order valence-corrected chi connectivity index (χ1v) is 4.57. The van der Waals surface area contributed by atoms with E-state index in [9.17, 15) is 0 Å². The maximum Gasteiger partial charge on any atom is 0.190 e. The molecule has 0 atom stereocenters. The lowest BCUT2D eigenvalue weighted by atomic mass is 9.92. The standard InChI is InChI=1S/C8H11IN2/c1-8(2,3)6-4-5-10-7(9)11-6/h4-5H,1-3H3. The van der Waals surface area contributed by atoms with Crippen molar-refractivity contribution in [3.8, 4) is 0 Å². The molecule has 0 bridgehead atoms. The Labute approximate surface area is 80.6 Å². The molecule has 0 aliphatic heterocycles. The number of nitrogens with zero attached hydrogens (tertiary/aromatic N) is 2. The lowest BCUT2D eigenvalue weighted by Crippen LogP contribution is -2.14. The summed E-state index contributed by atoms with van der Waals surface area (Å²) in [6, 6.07) is 1.96. The summed E-state index contributed by atoms with van der Waals surface area (Å²) in [5, 5.41) is 0. The molecule has 0 aliphatic rings. The average Bonchev–Trinajstić information content (AvgIpc) is 1.86. The summed E-state index contributed by atoms with van der Waals surface area (Å²) in [6.45, 7) is 6.43. The number of hydrogen-bond donors (Lipinski definition) is 0. The molecule has 0 amide bonds. The molecule has 0 aromatic carbocycles. The van der Waals surface area contributed by atoms with Gasteiger partial charge in [-0.15, -0.1) is 0 Å². The lowest BCUT2D eigenvalue weighted by Gasteiger charge is -2.16. The van der Waals surface area contributed by atoms with E-state index in [0.717, 1.165) is 9.53 Å². The second kappa shape index (κ2) is 3.05. The van der Waals surface area contributed by atoms with Gasteiger partial charge in [-0.2, -0.15) is 0 Å². The van der Waals surface area contributed by atoms with Crippen molar-refractivity contribution in [1.29, 1.82) is 0 Å². The van der Waals surface area contributed by atoms with Crippen LogP contribution in [0.2, 0.25) is 0 Å². The first-order valence-electron chi connectivity index (χ1n) is 3.49. The van der Waals surface area contributed by atoms with Crippen molar-refractivity contribution in [2.45, 2.75) is 26.2 Å². The highest BCUT2D eigenvalue weighted by Crippen LogP contribution is 2.19. The molecule has 60 valence electrons. The van der Waals surface area contributed by atoms with Crippen LogP contribution < -0.4 is 0 Å². The highest BCUT2D eigenvalue weighted by molar-refractivity contribution is 14.1. The van der Waals surface area contributed by atoms with Gasteiger partial charge in [0.25, 0.3) is 0 Å². The zero-order valence-electron chi connectivity index (χ0n) is 6.93. The highest BCUT2D eigenvalue weighted by atomic mass is 127. The Hall–Kier alpha value is -0.190. The molecule has 0 N–H and O–H groups in total. The summed E-state index contributed by atoms with van der Waals surface area (Å²) in [7, 11) is 0. The van der Waals surface area contributed by atoms with Gasteiger partial charge in [0.05, 0.1) is 5.69 Å². The predicted molar refractivity (Wildman–Crippen MR) is 53.4 cm³/mol. The third kappa shape index (κ3) is 2.39. The fourth-order valence-electron chi connectivity index (χ4n) is 0.753. The van der Waals surface area contributed by atoms with Gasteiger partial charge in [0.1, 0.15) is 0 Å². The van der Waals surface area contributed by atoms with Gasteiger partial charge in [-0.1, -0.05) is 20.8 Å². The number of halogens is 1. The summed E-state index contributed by atoms with van der Waals surface area (Å²) in [5.74, 6) is 0. The fraction of sp³-hybridized carbons (Fsp3) is 0.500. The number of hydrogen-bond acceptors (Lipinski definition) is 2. The smallest absolute Gasteiger partial charge is 0.190 e. The second-order valence-corrected chi connectivity index (χ2v) is 4.43. The Morgan fingerprint density at radius 3 is 2.36 bits per heavy atom. The van der Waals surface area contributed by atoms with Crippen LogP contribution >= 0.6 is 22.6 Å². The molecule has 11 heavy (non-hydrogen) atoms. The van der Waals surface area contributed by atoms with Crippen LogP contribution in [0.25, 0.3) is 0 Å². The van der Waals surface area contributed by atoms with Gasteiger partial charge in [0, 0.05) is 34.2 Å². The lowest BCUT2D eigenvalue weighted by molar-refractivity contribution is 0.564. The van der Waals surface area contributed by atoms with Gasteiger partial charge < -0.3 is 0 Å². The van der Waals surface area contributed by atoms with Gasteiger partial charge in [0.15, 0.2) is 3.83 Å². The SMILES string of the molecule is CC(C)(C)c1ccnc(I)n1. The minimum atomic E-state index is 0.128. The molecule has 3 heteroatoms. The third-order valence-electron chi connectivity index (χ3n) is 1.39. The summed E-state index contributed by atoms with van der Waals surface area (Å²) >= 11 is 2.12. The molecule has 1 rings (SSSR count). The fourth-order valence-corrected chi connectivity index (χ4v) is 1.17. The summed E-state index contributed by atoms with van der Waals surface area (Å²) in [5.41, 5.74) is 1.22. The first-order chi connectivity index (χ1) is 5.00. The van der Waals surface area contributed by atoms with Gasteiger partial charge in [-0.25, -0.2) is 9.97 Å². The number of rotatable bonds is 0. The van der Waals surface area contributed by atoms with E-state index < -0.39 is 0 Å². The molecule has 0 radical (unpaired) electrons. The molecule has 0 saturated carbocycles. The van der Waals surface area contributed by atoms with Crippen LogP contribution in [0.3, 0.4) is 0 Å². The Morgan fingerprint density at radius 1 is 1.36 bits per heavy atom. The molecule has 0 spiro atoms. The maximum absolute atomic E-state index is 4.32. The average molecular weight is 262 g/mol. The van der Waals surface area contributed by atoms with Crippen LogP contribution in [0.15, 0.2) is 12.3 Å². The quantitative estimate of drug-likeness (QED) is 0.530. The Morgan fingerprint density at radius 2 is 2.00 bits per heavy atom. The summed E-state index contributed by atoms with van der Waals surface area (Å²) in [4.78, 5) is 8.35. The Kier molecular flexibility index (Phi) is 2.47. The van der Waals surface area contributed by atoms with Crippen LogP contribution in [0, 0.1) is 3.83 Å². The summed E-state index contributed by atoms with van der Waals surface area (Å²) < 4.78 is 0.815. The first kappa shape index (κ1) is 8.90. The largest absolute Gasteiger partial charge is 0.232 e. The van der Waals surface area contributed by atoms with Crippen molar-refractivity contribution in [3.05, 3.63) is 21.8 Å². The molecule has 0 aliphatic carbocycles. The van der Waals surface area contributed by atoms with E-state index >= 15 is 0 Å². The van der Waals surface area contributed by atoms with Crippen LogP contribution in [0.5, 0.6) is 0 Å². The molecule has 1 heterocycles. The minimum Gasteiger partial charge on any atom is -0.232 e. The molecular formula is C8H11IN2. The van der Waals surface area contributed by atoms with Crippen LogP contribution in [0.4, 0.5) is 0 Å². The van der Waals surface area contributed by atoms with E-state index in [0.29, 0.717) is 0 Å². The summed E-state index contributed by atoms with van der Waals surface area (Å²) in [6.07, 6.45) is 1.80. The van der Waals surface area contributed by atoms with Gasteiger partial charge in [0.2, 0.25) is 0 Å². The maximum atomic E-state index is 4.32. The molecular weight excluding hydrogens is 251 g/mol. The zero-order valence-corrected chi connectivity index (χ0v) is 9.08. The monoisotopic (exact) mass is 262 g/mol. The van der Waals surface area contributed by atoms with Crippen LogP contribution in [0.1, 0.15) is 26.5 Å². The van der Waals surface area contributed by atoms with E-state index in [1.807, 2.05) is 6.07 Å². The molecule has 1 aromatic rings. The molecule has 2 nitrogen and oxygen atoms in total. The third-order valence-corrected chi connectivity index (χ3v) is 1.91. The molecule has 0 unspecified atom stereocenters. The molecule has 0 fully saturated rings. The van der Waals surface area contributed by atoms with Crippen molar-refractivity contribution in [1.82, 2.24) is 9.97 Å². The van der Waals surface area contributed by atoms with E-state index in [1.165, 1.54) is 0 Å². The topological polar surface area (TPSA) is 25.8 Å².